The smallest absolute Gasteiger partial charge is 0.237 e. The summed E-state index contributed by atoms with van der Waals surface area (Å²) in [6, 6.07) is 8.14. The number of nitrogens with one attached hydrogen (secondary N) is 2. The van der Waals surface area contributed by atoms with Gasteiger partial charge >= 0.3 is 0 Å². The van der Waals surface area contributed by atoms with Crippen molar-refractivity contribution in [1.82, 2.24) is 15.6 Å². The Balaban J connectivity index is 1.49. The summed E-state index contributed by atoms with van der Waals surface area (Å²) >= 11 is 1.65. The van der Waals surface area contributed by atoms with Gasteiger partial charge in [0.15, 0.2) is 0 Å². The number of benzene rings is 1. The molecule has 6 heteroatoms. The molecule has 3 N–H and O–H groups in total. The lowest BCUT2D eigenvalue weighted by molar-refractivity contribution is -0.122. The number of thiazole rings is 1. The zero-order valence-electron chi connectivity index (χ0n) is 13.1. The summed E-state index contributed by atoms with van der Waals surface area (Å²) in [7, 11) is 0. The van der Waals surface area contributed by atoms with Crippen molar-refractivity contribution in [2.24, 2.45) is 0 Å². The first kappa shape index (κ1) is 16.1. The van der Waals surface area contributed by atoms with Gasteiger partial charge in [-0.3, -0.25) is 4.79 Å². The van der Waals surface area contributed by atoms with E-state index < -0.39 is 6.10 Å². The fourth-order valence-electron chi connectivity index (χ4n) is 2.77. The number of hydrogen-bond acceptors (Lipinski definition) is 5. The summed E-state index contributed by atoms with van der Waals surface area (Å²) in [5, 5.41) is 15.4. The van der Waals surface area contributed by atoms with Gasteiger partial charge in [-0.05, 0) is 30.9 Å². The maximum atomic E-state index is 11.9. The van der Waals surface area contributed by atoms with Crippen LogP contribution in [0.4, 0.5) is 0 Å². The number of aromatic nitrogens is 1. The molecule has 2 aromatic rings. The molecular weight excluding hydrogens is 310 g/mol. The van der Waals surface area contributed by atoms with Gasteiger partial charge < -0.3 is 15.7 Å². The Morgan fingerprint density at radius 1 is 1.43 bits per heavy atom. The van der Waals surface area contributed by atoms with Crippen molar-refractivity contribution in [1.29, 1.82) is 0 Å². The number of amides is 1. The van der Waals surface area contributed by atoms with Crippen molar-refractivity contribution >= 4 is 17.2 Å². The molecule has 0 radical (unpaired) electrons. The molecule has 2 atom stereocenters. The Morgan fingerprint density at radius 2 is 2.22 bits per heavy atom. The summed E-state index contributed by atoms with van der Waals surface area (Å²) in [6.45, 7) is 3.12. The molecule has 1 aromatic heterocycles. The molecule has 0 bridgehead atoms. The highest BCUT2D eigenvalue weighted by Crippen LogP contribution is 2.27. The van der Waals surface area contributed by atoms with Crippen LogP contribution in [0.25, 0.3) is 10.4 Å². The van der Waals surface area contributed by atoms with Crippen LogP contribution in [0.2, 0.25) is 0 Å². The quantitative estimate of drug-likeness (QED) is 0.776. The second kappa shape index (κ2) is 7.21. The third kappa shape index (κ3) is 3.96. The van der Waals surface area contributed by atoms with Crippen molar-refractivity contribution in [3.05, 3.63) is 41.0 Å². The van der Waals surface area contributed by atoms with Gasteiger partial charge in [-0.2, -0.15) is 0 Å². The molecule has 1 aliphatic rings. The number of β-amino-alcohol motifs (C(OH)–C–C–N with tert-alkyl or cyclic N) is 1. The van der Waals surface area contributed by atoms with Crippen LogP contribution in [0.1, 0.15) is 17.7 Å². The predicted molar refractivity (Wildman–Crippen MR) is 91.4 cm³/mol. The second-order valence-electron chi connectivity index (χ2n) is 5.86. The topological polar surface area (TPSA) is 74.2 Å². The lowest BCUT2D eigenvalue weighted by Crippen LogP contribution is -2.41. The summed E-state index contributed by atoms with van der Waals surface area (Å²) in [4.78, 5) is 17.4. The van der Waals surface area contributed by atoms with Gasteiger partial charge in [-0.25, -0.2) is 4.98 Å². The van der Waals surface area contributed by atoms with Crippen LogP contribution >= 0.6 is 11.3 Å². The minimum atomic E-state index is -0.409. The number of carbonyl (C=O) groups is 1. The van der Waals surface area contributed by atoms with E-state index in [0.717, 1.165) is 12.1 Å². The van der Waals surface area contributed by atoms with Gasteiger partial charge in [0.2, 0.25) is 5.91 Å². The molecule has 1 amide bonds. The molecule has 0 aliphatic carbocycles. The molecule has 2 heterocycles. The predicted octanol–water partition coefficient (Wildman–Crippen LogP) is 1.50. The highest BCUT2D eigenvalue weighted by atomic mass is 32.1. The Bertz CT molecular complexity index is 669. The first-order valence-electron chi connectivity index (χ1n) is 7.82. The average Bonchev–Trinajstić information content (AvgIpc) is 3.16. The fraction of sp³-hybridized carbons (Fsp3) is 0.412. The first-order valence-corrected chi connectivity index (χ1v) is 8.70. The van der Waals surface area contributed by atoms with Crippen LogP contribution in [-0.4, -0.2) is 41.2 Å². The monoisotopic (exact) mass is 331 g/mol. The SMILES string of the molecule is Cc1ncsc1-c1ccc(CCNC(=O)C2CC(O)CN2)cc1. The molecule has 23 heavy (non-hydrogen) atoms. The third-order valence-corrected chi connectivity index (χ3v) is 5.08. The molecule has 122 valence electrons. The Hall–Kier alpha value is -1.76. The van der Waals surface area contributed by atoms with Crippen LogP contribution in [0.15, 0.2) is 29.8 Å². The van der Waals surface area contributed by atoms with E-state index in [-0.39, 0.29) is 11.9 Å². The molecule has 1 fully saturated rings. The number of aliphatic hydroxyl groups is 1. The fourth-order valence-corrected chi connectivity index (χ4v) is 3.58. The van der Waals surface area contributed by atoms with Crippen LogP contribution < -0.4 is 10.6 Å². The molecule has 0 spiro atoms. The summed E-state index contributed by atoms with van der Waals surface area (Å²) < 4.78 is 0. The maximum Gasteiger partial charge on any atom is 0.237 e. The molecule has 2 unspecified atom stereocenters. The van der Waals surface area contributed by atoms with Gasteiger partial charge in [-0.15, -0.1) is 11.3 Å². The number of aliphatic hydroxyl groups excluding tert-OH is 1. The van der Waals surface area contributed by atoms with Crippen molar-refractivity contribution in [3.63, 3.8) is 0 Å². The number of aryl methyl sites for hydroxylation is 1. The van der Waals surface area contributed by atoms with E-state index in [9.17, 15) is 9.90 Å². The van der Waals surface area contributed by atoms with E-state index in [0.29, 0.717) is 19.5 Å². The average molecular weight is 331 g/mol. The third-order valence-electron chi connectivity index (χ3n) is 4.10. The van der Waals surface area contributed by atoms with Crippen LogP contribution in [-0.2, 0) is 11.2 Å². The lowest BCUT2D eigenvalue weighted by Gasteiger charge is -2.11. The van der Waals surface area contributed by atoms with E-state index in [1.165, 1.54) is 16.0 Å². The minimum absolute atomic E-state index is 0.0292. The normalized spacial score (nSPS) is 20.6. The Morgan fingerprint density at radius 3 is 2.83 bits per heavy atom. The van der Waals surface area contributed by atoms with Gasteiger partial charge in [0, 0.05) is 13.1 Å². The minimum Gasteiger partial charge on any atom is -0.392 e. The molecule has 0 saturated carbocycles. The van der Waals surface area contributed by atoms with Crippen LogP contribution in [0.3, 0.4) is 0 Å². The first-order chi connectivity index (χ1) is 11.1. The van der Waals surface area contributed by atoms with E-state index in [2.05, 4.69) is 39.9 Å². The van der Waals surface area contributed by atoms with Crippen molar-refractivity contribution in [3.8, 4) is 10.4 Å². The molecule has 1 aliphatic heterocycles. The van der Waals surface area contributed by atoms with E-state index in [1.54, 1.807) is 11.3 Å². The Kier molecular flexibility index (Phi) is 5.05. The summed E-state index contributed by atoms with van der Waals surface area (Å²) in [5.74, 6) is -0.0292. The number of hydrogen-bond donors (Lipinski definition) is 3. The van der Waals surface area contributed by atoms with Crippen molar-refractivity contribution in [2.75, 3.05) is 13.1 Å². The zero-order chi connectivity index (χ0) is 16.2. The van der Waals surface area contributed by atoms with E-state index >= 15 is 0 Å². The Labute approximate surface area is 139 Å². The van der Waals surface area contributed by atoms with Gasteiger partial charge in [0.05, 0.1) is 28.2 Å². The van der Waals surface area contributed by atoms with E-state index in [1.807, 2.05) is 12.4 Å². The van der Waals surface area contributed by atoms with Crippen molar-refractivity contribution < 1.29 is 9.90 Å². The lowest BCUT2D eigenvalue weighted by atomic mass is 10.1. The van der Waals surface area contributed by atoms with Crippen molar-refractivity contribution in [2.45, 2.75) is 31.9 Å². The molecule has 1 aromatic carbocycles. The number of nitrogens with zero attached hydrogens (tertiary/aromatic N) is 1. The molecule has 3 rings (SSSR count). The van der Waals surface area contributed by atoms with Crippen LogP contribution in [0, 0.1) is 6.92 Å². The zero-order valence-corrected chi connectivity index (χ0v) is 13.9. The summed E-state index contributed by atoms with van der Waals surface area (Å²) in [6.07, 6.45) is 0.881. The molecule has 5 nitrogen and oxygen atoms in total. The van der Waals surface area contributed by atoms with Crippen LogP contribution in [0.5, 0.6) is 0 Å². The van der Waals surface area contributed by atoms with Gasteiger partial charge in [0.25, 0.3) is 0 Å². The van der Waals surface area contributed by atoms with Gasteiger partial charge in [0.1, 0.15) is 0 Å². The number of rotatable bonds is 5. The summed E-state index contributed by atoms with van der Waals surface area (Å²) in [5.41, 5.74) is 5.29. The maximum absolute atomic E-state index is 11.9. The highest BCUT2D eigenvalue weighted by Gasteiger charge is 2.27. The highest BCUT2D eigenvalue weighted by molar-refractivity contribution is 7.13. The second-order valence-corrected chi connectivity index (χ2v) is 6.71. The molecular formula is C17H21N3O2S. The number of carbonyl (C=O) groups excluding carboxylic acids is 1. The standard InChI is InChI=1S/C17H21N3O2S/c1-11-16(23-10-20-11)13-4-2-12(3-5-13)6-7-18-17(22)15-8-14(21)9-19-15/h2-5,10,14-15,19,21H,6-9H2,1H3,(H,18,22). The molecule has 1 saturated heterocycles. The van der Waals surface area contributed by atoms with Gasteiger partial charge in [-0.1, -0.05) is 24.3 Å². The largest absolute Gasteiger partial charge is 0.392 e. The van der Waals surface area contributed by atoms with E-state index in [4.69, 9.17) is 0 Å².